The average Bonchev–Trinajstić information content (AvgIpc) is 3.46. The lowest BCUT2D eigenvalue weighted by Gasteiger charge is -2.38. The monoisotopic (exact) mass is 748 g/mol. The number of alkyl halides is 1. The Labute approximate surface area is 310 Å². The molecule has 1 N–H and O–H groups in total. The van der Waals surface area contributed by atoms with Crippen LogP contribution in [0.25, 0.3) is 0 Å². The van der Waals surface area contributed by atoms with Gasteiger partial charge in [-0.2, -0.15) is 5.26 Å². The standard InChI is InChI=1S/C39H46FN4O8P/c1-26(2)44(27(3)4)53(50-24-10-22-41)52-36-35(40)33(51-37(36)43-23-21-34(45)42-38(43)46)25-49-39(28-11-8-7-9-12-28,29-13-17-31(47-5)18-14-29)30-15-19-32(48-6)20-16-30/h7-9,11-21,23,26-27,33,35-37H,10,24-25H2,1-6H3,(H,42,45,46). The number of aromatic amines is 1. The molecule has 1 aliphatic heterocycles. The minimum absolute atomic E-state index is 0.0573. The first-order chi connectivity index (χ1) is 25.5. The number of ether oxygens (including phenoxy) is 4. The molecule has 1 fully saturated rings. The van der Waals surface area contributed by atoms with Gasteiger partial charge in [0, 0.05) is 24.3 Å². The molecule has 0 radical (unpaired) electrons. The number of aromatic nitrogens is 2. The zero-order valence-electron chi connectivity index (χ0n) is 30.7. The highest BCUT2D eigenvalue weighted by atomic mass is 31.2. The summed E-state index contributed by atoms with van der Waals surface area (Å²) in [6.07, 6.45) is -4.39. The third kappa shape index (κ3) is 8.87. The van der Waals surface area contributed by atoms with Gasteiger partial charge in [0.15, 0.2) is 12.4 Å². The predicted octanol–water partition coefficient (Wildman–Crippen LogP) is 6.46. The summed E-state index contributed by atoms with van der Waals surface area (Å²) in [4.78, 5) is 27.4. The summed E-state index contributed by atoms with van der Waals surface area (Å²) in [6.45, 7) is 7.63. The fourth-order valence-electron chi connectivity index (χ4n) is 6.47. The predicted molar refractivity (Wildman–Crippen MR) is 198 cm³/mol. The summed E-state index contributed by atoms with van der Waals surface area (Å²) in [6, 6.07) is 27.5. The Bertz CT molecular complexity index is 1860. The van der Waals surface area contributed by atoms with E-state index in [-0.39, 0.29) is 31.7 Å². The van der Waals surface area contributed by atoms with Crippen LogP contribution in [0.1, 0.15) is 57.0 Å². The second-order valence-electron chi connectivity index (χ2n) is 13.0. The van der Waals surface area contributed by atoms with Crippen LogP contribution in [0.2, 0.25) is 0 Å². The lowest BCUT2D eigenvalue weighted by Crippen LogP contribution is -2.40. The molecule has 0 bridgehead atoms. The summed E-state index contributed by atoms with van der Waals surface area (Å²) < 4.78 is 57.0. The van der Waals surface area contributed by atoms with Crippen LogP contribution in [0.4, 0.5) is 4.39 Å². The molecule has 0 aliphatic carbocycles. The van der Waals surface area contributed by atoms with Crippen molar-refractivity contribution in [1.29, 1.82) is 5.26 Å². The van der Waals surface area contributed by atoms with Crippen molar-refractivity contribution >= 4 is 8.53 Å². The van der Waals surface area contributed by atoms with Crippen LogP contribution in [0.3, 0.4) is 0 Å². The maximum absolute atomic E-state index is 17.1. The van der Waals surface area contributed by atoms with E-state index >= 15 is 4.39 Å². The molecular formula is C39H46FN4O8P. The molecule has 0 spiro atoms. The Balaban J connectivity index is 1.58. The van der Waals surface area contributed by atoms with Crippen molar-refractivity contribution in [2.24, 2.45) is 0 Å². The number of H-pyrrole nitrogens is 1. The lowest BCUT2D eigenvalue weighted by atomic mass is 9.80. The summed E-state index contributed by atoms with van der Waals surface area (Å²) in [5.41, 5.74) is -0.432. The smallest absolute Gasteiger partial charge is 0.330 e. The van der Waals surface area contributed by atoms with E-state index in [0.717, 1.165) is 27.3 Å². The quantitative estimate of drug-likeness (QED) is 0.0728. The summed E-state index contributed by atoms with van der Waals surface area (Å²) in [7, 11) is 1.23. The van der Waals surface area contributed by atoms with Crippen molar-refractivity contribution in [3.8, 4) is 17.6 Å². The Morgan fingerprint density at radius 3 is 1.98 bits per heavy atom. The Morgan fingerprint density at radius 1 is 0.906 bits per heavy atom. The highest BCUT2D eigenvalue weighted by Gasteiger charge is 2.51. The fraction of sp³-hybridized carbons (Fsp3) is 0.410. The maximum Gasteiger partial charge on any atom is 0.330 e. The molecule has 3 aromatic carbocycles. The number of hydrogen-bond acceptors (Lipinski definition) is 10. The van der Waals surface area contributed by atoms with Crippen molar-refractivity contribution in [2.75, 3.05) is 27.4 Å². The first-order valence-electron chi connectivity index (χ1n) is 17.4. The van der Waals surface area contributed by atoms with Gasteiger partial charge in [-0.25, -0.2) is 13.9 Å². The van der Waals surface area contributed by atoms with Crippen LogP contribution < -0.4 is 20.7 Å². The number of nitrogens with one attached hydrogen (secondary N) is 1. The molecule has 1 aromatic heterocycles. The molecule has 1 aliphatic rings. The van der Waals surface area contributed by atoms with Gasteiger partial charge in [-0.3, -0.25) is 14.3 Å². The molecule has 12 nitrogen and oxygen atoms in total. The molecule has 0 amide bonds. The lowest BCUT2D eigenvalue weighted by molar-refractivity contribution is -0.0907. The molecule has 2 heterocycles. The highest BCUT2D eigenvalue weighted by Crippen LogP contribution is 2.51. The molecule has 4 aromatic rings. The average molecular weight is 749 g/mol. The summed E-state index contributed by atoms with van der Waals surface area (Å²) >= 11 is 0. The molecule has 5 rings (SSSR count). The van der Waals surface area contributed by atoms with Crippen LogP contribution in [0, 0.1) is 11.3 Å². The van der Waals surface area contributed by atoms with Gasteiger partial charge in [0.25, 0.3) is 14.1 Å². The summed E-state index contributed by atoms with van der Waals surface area (Å²) in [5, 5.41) is 9.21. The van der Waals surface area contributed by atoms with E-state index < -0.39 is 50.0 Å². The Morgan fingerprint density at radius 2 is 1.47 bits per heavy atom. The van der Waals surface area contributed by atoms with Gasteiger partial charge in [-0.15, -0.1) is 0 Å². The van der Waals surface area contributed by atoms with E-state index in [1.165, 1.54) is 6.20 Å². The fourth-order valence-corrected chi connectivity index (χ4v) is 8.21. The number of nitrogens with zero attached hydrogens (tertiary/aromatic N) is 3. The van der Waals surface area contributed by atoms with E-state index in [2.05, 4.69) is 11.1 Å². The van der Waals surface area contributed by atoms with E-state index in [0.29, 0.717) is 11.5 Å². The third-order valence-electron chi connectivity index (χ3n) is 8.90. The van der Waals surface area contributed by atoms with E-state index in [9.17, 15) is 14.9 Å². The molecule has 14 heteroatoms. The minimum Gasteiger partial charge on any atom is -0.497 e. The minimum atomic E-state index is -1.94. The zero-order valence-corrected chi connectivity index (χ0v) is 31.6. The molecule has 0 saturated carbocycles. The van der Waals surface area contributed by atoms with Gasteiger partial charge in [-0.1, -0.05) is 54.6 Å². The SMILES string of the molecule is COc1ccc(C(OCC2OC(n3ccc(=O)[nH]c3=O)C(OP(OCCC#N)N(C(C)C)C(C)C)C2F)(c2ccccc2)c2ccc(OC)cc2)cc1. The number of nitriles is 1. The van der Waals surface area contributed by atoms with Gasteiger partial charge >= 0.3 is 5.69 Å². The van der Waals surface area contributed by atoms with Crippen LogP contribution >= 0.6 is 8.53 Å². The van der Waals surface area contributed by atoms with E-state index in [4.69, 9.17) is 28.0 Å². The molecule has 5 atom stereocenters. The number of methoxy groups -OCH3 is 2. The number of halogens is 1. The van der Waals surface area contributed by atoms with Crippen LogP contribution in [0.15, 0.2) is 101 Å². The Kier molecular flexibility index (Phi) is 13.6. The van der Waals surface area contributed by atoms with Gasteiger partial charge < -0.3 is 28.0 Å². The second kappa shape index (κ2) is 18.1. The maximum atomic E-state index is 17.1. The van der Waals surface area contributed by atoms with Crippen molar-refractivity contribution < 1.29 is 32.4 Å². The van der Waals surface area contributed by atoms with Crippen molar-refractivity contribution in [2.45, 2.75) is 76.4 Å². The molecular weight excluding hydrogens is 702 g/mol. The highest BCUT2D eigenvalue weighted by molar-refractivity contribution is 7.44. The molecule has 282 valence electrons. The summed E-state index contributed by atoms with van der Waals surface area (Å²) in [5.74, 6) is 1.29. The van der Waals surface area contributed by atoms with Crippen molar-refractivity contribution in [1.82, 2.24) is 14.2 Å². The second-order valence-corrected chi connectivity index (χ2v) is 14.4. The largest absolute Gasteiger partial charge is 0.497 e. The van der Waals surface area contributed by atoms with Crippen LogP contribution in [-0.2, 0) is 24.1 Å². The van der Waals surface area contributed by atoms with Gasteiger partial charge in [-0.05, 0) is 68.7 Å². The van der Waals surface area contributed by atoms with E-state index in [1.54, 1.807) is 14.2 Å². The third-order valence-corrected chi connectivity index (χ3v) is 11.0. The topological polar surface area (TPSA) is 137 Å². The van der Waals surface area contributed by atoms with Gasteiger partial charge in [0.2, 0.25) is 0 Å². The molecule has 5 unspecified atom stereocenters. The van der Waals surface area contributed by atoms with Crippen molar-refractivity contribution in [3.63, 3.8) is 0 Å². The zero-order chi connectivity index (χ0) is 38.1. The molecule has 53 heavy (non-hydrogen) atoms. The number of rotatable bonds is 17. The van der Waals surface area contributed by atoms with Crippen molar-refractivity contribution in [3.05, 3.63) is 129 Å². The number of hydrogen-bond donors (Lipinski definition) is 1. The normalized spacial score (nSPS) is 19.4. The van der Waals surface area contributed by atoms with E-state index in [1.807, 2.05) is 111 Å². The first kappa shape index (κ1) is 39.8. The first-order valence-corrected chi connectivity index (χ1v) is 18.5. The van der Waals surface area contributed by atoms with Crippen LogP contribution in [0.5, 0.6) is 11.5 Å². The van der Waals surface area contributed by atoms with Crippen LogP contribution in [-0.4, -0.2) is 72.1 Å². The molecule has 1 saturated heterocycles. The Hall–Kier alpha value is -4.41. The number of benzene rings is 3. The van der Waals surface area contributed by atoms with Gasteiger partial charge in [0.05, 0.1) is 39.9 Å². The van der Waals surface area contributed by atoms with Gasteiger partial charge in [0.1, 0.15) is 29.3 Å².